The van der Waals surface area contributed by atoms with Crippen LogP contribution in [-0.4, -0.2) is 18.6 Å². The average molecular weight is 361 g/mol. The molecule has 0 aliphatic rings. The van der Waals surface area contributed by atoms with Gasteiger partial charge in [0.15, 0.2) is 0 Å². The van der Waals surface area contributed by atoms with Crippen LogP contribution in [0.4, 0.5) is 10.5 Å². The summed E-state index contributed by atoms with van der Waals surface area (Å²) in [5.41, 5.74) is 2.39. The lowest BCUT2D eigenvalue weighted by Crippen LogP contribution is -2.32. The summed E-state index contributed by atoms with van der Waals surface area (Å²) in [6.07, 6.45) is -0.475. The van der Waals surface area contributed by atoms with Crippen molar-refractivity contribution in [3.8, 4) is 0 Å². The number of amides is 2. The standard InChI is InChI=1S/C19H21ClN2O3/c1-3-25-19(24)22-17(14-7-5-4-6-8-14)12-18(23)21-16-11-15(20)10-9-13(16)2/h4-11,17H,3,12H2,1-2H3,(H,21,23)(H,22,24)/t17-/m0/s1. The number of benzene rings is 2. The second-order valence-electron chi connectivity index (χ2n) is 5.54. The van der Waals surface area contributed by atoms with E-state index in [1.165, 1.54) is 0 Å². The number of hydrogen-bond acceptors (Lipinski definition) is 3. The number of alkyl carbamates (subject to hydrolysis) is 1. The fraction of sp³-hybridized carbons (Fsp3) is 0.263. The van der Waals surface area contributed by atoms with E-state index in [0.29, 0.717) is 10.7 Å². The van der Waals surface area contributed by atoms with Gasteiger partial charge in [-0.2, -0.15) is 0 Å². The molecule has 0 saturated heterocycles. The summed E-state index contributed by atoms with van der Waals surface area (Å²) in [4.78, 5) is 24.2. The van der Waals surface area contributed by atoms with Crippen LogP contribution in [0.25, 0.3) is 0 Å². The number of carbonyl (C=O) groups is 2. The molecule has 2 amide bonds. The second kappa shape index (κ2) is 9.08. The van der Waals surface area contributed by atoms with Gasteiger partial charge >= 0.3 is 6.09 Å². The Labute approximate surface area is 152 Å². The Kier molecular flexibility index (Phi) is 6.83. The minimum atomic E-state index is -0.553. The van der Waals surface area contributed by atoms with Crippen molar-refractivity contribution in [2.75, 3.05) is 11.9 Å². The molecule has 0 bridgehead atoms. The predicted octanol–water partition coefficient (Wildman–Crippen LogP) is 4.46. The molecule has 132 valence electrons. The highest BCUT2D eigenvalue weighted by Crippen LogP contribution is 2.22. The molecular weight excluding hydrogens is 340 g/mol. The third kappa shape index (κ3) is 5.80. The first kappa shape index (κ1) is 18.8. The first-order chi connectivity index (χ1) is 12.0. The highest BCUT2D eigenvalue weighted by Gasteiger charge is 2.19. The van der Waals surface area contributed by atoms with E-state index >= 15 is 0 Å². The lowest BCUT2D eigenvalue weighted by atomic mass is 10.0. The molecule has 6 heteroatoms. The smallest absolute Gasteiger partial charge is 0.407 e. The van der Waals surface area contributed by atoms with Crippen LogP contribution in [0.5, 0.6) is 0 Å². The molecule has 0 fully saturated rings. The number of ether oxygens (including phenoxy) is 1. The first-order valence-electron chi connectivity index (χ1n) is 8.04. The maximum atomic E-state index is 12.5. The highest BCUT2D eigenvalue weighted by molar-refractivity contribution is 6.31. The molecule has 0 unspecified atom stereocenters. The Bertz CT molecular complexity index is 735. The Balaban J connectivity index is 2.11. The Hall–Kier alpha value is -2.53. The molecule has 2 aromatic carbocycles. The molecule has 2 aromatic rings. The Morgan fingerprint density at radius 3 is 2.56 bits per heavy atom. The Morgan fingerprint density at radius 2 is 1.88 bits per heavy atom. The molecule has 5 nitrogen and oxygen atoms in total. The van der Waals surface area contributed by atoms with Gasteiger partial charge in [-0.25, -0.2) is 4.79 Å². The van der Waals surface area contributed by atoms with E-state index in [-0.39, 0.29) is 18.9 Å². The molecule has 0 saturated carbocycles. The molecule has 0 spiro atoms. The number of nitrogens with one attached hydrogen (secondary N) is 2. The van der Waals surface area contributed by atoms with Crippen LogP contribution in [0, 0.1) is 6.92 Å². The van der Waals surface area contributed by atoms with Crippen LogP contribution in [-0.2, 0) is 9.53 Å². The van der Waals surface area contributed by atoms with Gasteiger partial charge < -0.3 is 15.4 Å². The van der Waals surface area contributed by atoms with Gasteiger partial charge in [0.1, 0.15) is 0 Å². The fourth-order valence-corrected chi connectivity index (χ4v) is 2.54. The minimum absolute atomic E-state index is 0.0782. The van der Waals surface area contributed by atoms with E-state index in [0.717, 1.165) is 11.1 Å². The van der Waals surface area contributed by atoms with Crippen molar-refractivity contribution in [3.63, 3.8) is 0 Å². The van der Waals surface area contributed by atoms with Crippen LogP contribution in [0.3, 0.4) is 0 Å². The third-order valence-corrected chi connectivity index (χ3v) is 3.87. The maximum Gasteiger partial charge on any atom is 0.407 e. The van der Waals surface area contributed by atoms with Crippen molar-refractivity contribution in [2.45, 2.75) is 26.3 Å². The van der Waals surface area contributed by atoms with Crippen LogP contribution in [0.15, 0.2) is 48.5 Å². The number of anilines is 1. The van der Waals surface area contributed by atoms with Gasteiger partial charge in [0.2, 0.25) is 5.91 Å². The SMILES string of the molecule is CCOC(=O)N[C@@H](CC(=O)Nc1cc(Cl)ccc1C)c1ccccc1. The lowest BCUT2D eigenvalue weighted by Gasteiger charge is -2.19. The summed E-state index contributed by atoms with van der Waals surface area (Å²) < 4.78 is 4.93. The van der Waals surface area contributed by atoms with Gasteiger partial charge in [-0.05, 0) is 37.1 Å². The maximum absolute atomic E-state index is 12.5. The first-order valence-corrected chi connectivity index (χ1v) is 8.41. The normalized spacial score (nSPS) is 11.5. The van der Waals surface area contributed by atoms with Gasteiger partial charge in [-0.1, -0.05) is 48.0 Å². The van der Waals surface area contributed by atoms with Crippen LogP contribution >= 0.6 is 11.6 Å². The van der Waals surface area contributed by atoms with Gasteiger partial charge in [0.25, 0.3) is 0 Å². The molecule has 2 N–H and O–H groups in total. The highest BCUT2D eigenvalue weighted by atomic mass is 35.5. The summed E-state index contributed by atoms with van der Waals surface area (Å²) in [7, 11) is 0. The van der Waals surface area contributed by atoms with Crippen LogP contribution < -0.4 is 10.6 Å². The van der Waals surface area contributed by atoms with Gasteiger partial charge in [-0.15, -0.1) is 0 Å². The molecule has 0 aliphatic heterocycles. The number of hydrogen-bond donors (Lipinski definition) is 2. The molecular formula is C19H21ClN2O3. The second-order valence-corrected chi connectivity index (χ2v) is 5.98. The van der Waals surface area contributed by atoms with E-state index in [1.54, 1.807) is 19.1 Å². The topological polar surface area (TPSA) is 67.4 Å². The molecule has 0 radical (unpaired) electrons. The van der Waals surface area contributed by atoms with Crippen LogP contribution in [0.1, 0.15) is 30.5 Å². The summed E-state index contributed by atoms with van der Waals surface area (Å²) in [6, 6.07) is 14.1. The molecule has 1 atom stereocenters. The number of carbonyl (C=O) groups excluding carboxylic acids is 2. The van der Waals surface area contributed by atoms with Crippen molar-refractivity contribution in [1.82, 2.24) is 5.32 Å². The van der Waals surface area contributed by atoms with Gasteiger partial charge in [0, 0.05) is 10.7 Å². The number of rotatable bonds is 6. The summed E-state index contributed by atoms with van der Waals surface area (Å²) in [6.45, 7) is 3.88. The summed E-state index contributed by atoms with van der Waals surface area (Å²) >= 11 is 5.98. The van der Waals surface area contributed by atoms with E-state index < -0.39 is 12.1 Å². The predicted molar refractivity (Wildman–Crippen MR) is 98.8 cm³/mol. The zero-order valence-electron chi connectivity index (χ0n) is 14.2. The lowest BCUT2D eigenvalue weighted by molar-refractivity contribution is -0.116. The molecule has 2 rings (SSSR count). The monoisotopic (exact) mass is 360 g/mol. The quantitative estimate of drug-likeness (QED) is 0.798. The van der Waals surface area contributed by atoms with E-state index in [2.05, 4.69) is 10.6 Å². The van der Waals surface area contributed by atoms with Gasteiger partial charge in [0.05, 0.1) is 19.1 Å². The van der Waals surface area contributed by atoms with E-state index in [1.807, 2.05) is 43.3 Å². The fourth-order valence-electron chi connectivity index (χ4n) is 2.37. The summed E-state index contributed by atoms with van der Waals surface area (Å²) in [5, 5.41) is 6.12. The Morgan fingerprint density at radius 1 is 1.16 bits per heavy atom. The third-order valence-electron chi connectivity index (χ3n) is 3.63. The van der Waals surface area contributed by atoms with E-state index in [9.17, 15) is 9.59 Å². The zero-order chi connectivity index (χ0) is 18.2. The van der Waals surface area contributed by atoms with Crippen molar-refractivity contribution in [1.29, 1.82) is 0 Å². The summed E-state index contributed by atoms with van der Waals surface area (Å²) in [5.74, 6) is -0.226. The molecule has 0 heterocycles. The van der Waals surface area contributed by atoms with Crippen molar-refractivity contribution in [2.24, 2.45) is 0 Å². The average Bonchev–Trinajstić information content (AvgIpc) is 2.58. The minimum Gasteiger partial charge on any atom is -0.450 e. The zero-order valence-corrected chi connectivity index (χ0v) is 15.0. The van der Waals surface area contributed by atoms with E-state index in [4.69, 9.17) is 16.3 Å². The largest absolute Gasteiger partial charge is 0.450 e. The van der Waals surface area contributed by atoms with Gasteiger partial charge in [-0.3, -0.25) is 4.79 Å². The number of aryl methyl sites for hydroxylation is 1. The van der Waals surface area contributed by atoms with Crippen molar-refractivity contribution >= 4 is 29.3 Å². The van der Waals surface area contributed by atoms with Crippen molar-refractivity contribution in [3.05, 3.63) is 64.7 Å². The van der Waals surface area contributed by atoms with Crippen LogP contribution in [0.2, 0.25) is 5.02 Å². The molecule has 0 aromatic heterocycles. The number of halogens is 1. The molecule has 25 heavy (non-hydrogen) atoms. The molecule has 0 aliphatic carbocycles. The van der Waals surface area contributed by atoms with Crippen molar-refractivity contribution < 1.29 is 14.3 Å².